The number of thioether (sulfide) groups is 1. The van der Waals surface area contributed by atoms with Gasteiger partial charge in [-0.25, -0.2) is 9.97 Å². The summed E-state index contributed by atoms with van der Waals surface area (Å²) in [6.07, 6.45) is 0. The number of aryl methyl sites for hydroxylation is 1. The highest BCUT2D eigenvalue weighted by atomic mass is 32.2. The number of rotatable bonds is 4. The molecule has 1 aromatic heterocycles. The molecule has 4 nitrogen and oxygen atoms in total. The van der Waals surface area contributed by atoms with Gasteiger partial charge < -0.3 is 5.32 Å². The number of fused-ring (bicyclic) bond motifs is 1. The van der Waals surface area contributed by atoms with E-state index in [1.54, 1.807) is 11.8 Å². The third kappa shape index (κ3) is 3.68. The van der Waals surface area contributed by atoms with Crippen LogP contribution in [0.1, 0.15) is 18.3 Å². The van der Waals surface area contributed by atoms with E-state index in [-0.39, 0.29) is 5.91 Å². The molecule has 0 bridgehead atoms. The zero-order valence-electron chi connectivity index (χ0n) is 13.0. The van der Waals surface area contributed by atoms with Crippen molar-refractivity contribution in [3.8, 4) is 0 Å². The van der Waals surface area contributed by atoms with Gasteiger partial charge in [0.15, 0.2) is 0 Å². The Balaban J connectivity index is 1.84. The Bertz CT molecular complexity index is 864. The fourth-order valence-corrected chi connectivity index (χ4v) is 3.31. The summed E-state index contributed by atoms with van der Waals surface area (Å²) in [6.45, 7) is 3.50. The Morgan fingerprint density at radius 1 is 1.04 bits per heavy atom. The first-order valence-corrected chi connectivity index (χ1v) is 8.34. The average molecular weight is 323 g/mol. The number of nitrogens with one attached hydrogen (secondary N) is 1. The van der Waals surface area contributed by atoms with Crippen LogP contribution in [0.2, 0.25) is 0 Å². The molecule has 0 saturated carbocycles. The van der Waals surface area contributed by atoms with Crippen molar-refractivity contribution in [2.24, 2.45) is 0 Å². The van der Waals surface area contributed by atoms with E-state index in [2.05, 4.69) is 10.3 Å². The van der Waals surface area contributed by atoms with Gasteiger partial charge >= 0.3 is 0 Å². The second kappa shape index (κ2) is 6.79. The molecule has 1 N–H and O–H groups in total. The molecule has 0 radical (unpaired) electrons. The first-order valence-electron chi connectivity index (χ1n) is 7.35. The summed E-state index contributed by atoms with van der Waals surface area (Å²) in [4.78, 5) is 21.6. The van der Waals surface area contributed by atoms with Crippen LogP contribution in [0, 0.1) is 6.92 Å². The van der Waals surface area contributed by atoms with Crippen LogP contribution in [0.4, 0.5) is 5.69 Å². The van der Waals surface area contributed by atoms with Crippen LogP contribution >= 0.6 is 11.8 Å². The topological polar surface area (TPSA) is 54.9 Å². The molecule has 0 aliphatic rings. The predicted octanol–water partition coefficient (Wildman–Crippen LogP) is 4.19. The van der Waals surface area contributed by atoms with Crippen molar-refractivity contribution in [1.29, 1.82) is 0 Å². The van der Waals surface area contributed by atoms with Gasteiger partial charge in [0.2, 0.25) is 5.91 Å². The largest absolute Gasteiger partial charge is 0.325 e. The lowest BCUT2D eigenvalue weighted by Crippen LogP contribution is -2.06. The van der Waals surface area contributed by atoms with Crippen molar-refractivity contribution in [3.63, 3.8) is 0 Å². The first kappa shape index (κ1) is 15.5. The average Bonchev–Trinajstić information content (AvgIpc) is 2.53. The summed E-state index contributed by atoms with van der Waals surface area (Å²) >= 11 is 1.65. The van der Waals surface area contributed by atoms with E-state index in [4.69, 9.17) is 4.98 Å². The zero-order chi connectivity index (χ0) is 16.2. The maximum Gasteiger partial charge on any atom is 0.221 e. The molecule has 0 aliphatic carbocycles. The summed E-state index contributed by atoms with van der Waals surface area (Å²) in [7, 11) is 0. The molecule has 0 aliphatic heterocycles. The van der Waals surface area contributed by atoms with E-state index in [1.165, 1.54) is 6.92 Å². The molecule has 0 atom stereocenters. The Morgan fingerprint density at radius 2 is 1.70 bits per heavy atom. The molecule has 1 heterocycles. The van der Waals surface area contributed by atoms with E-state index in [9.17, 15) is 4.79 Å². The van der Waals surface area contributed by atoms with Gasteiger partial charge in [0.25, 0.3) is 0 Å². The van der Waals surface area contributed by atoms with E-state index in [0.29, 0.717) is 5.75 Å². The van der Waals surface area contributed by atoms with Crippen molar-refractivity contribution in [2.45, 2.75) is 24.5 Å². The van der Waals surface area contributed by atoms with Gasteiger partial charge in [-0.05, 0) is 31.2 Å². The van der Waals surface area contributed by atoms with Crippen LogP contribution in [-0.2, 0) is 10.5 Å². The summed E-state index contributed by atoms with van der Waals surface area (Å²) < 4.78 is 0. The van der Waals surface area contributed by atoms with Crippen molar-refractivity contribution < 1.29 is 4.79 Å². The summed E-state index contributed by atoms with van der Waals surface area (Å²) in [5.41, 5.74) is 4.55. The lowest BCUT2D eigenvalue weighted by molar-refractivity contribution is -0.114. The molecule has 3 rings (SSSR count). The third-order valence-electron chi connectivity index (χ3n) is 3.41. The van der Waals surface area contributed by atoms with Crippen molar-refractivity contribution in [2.75, 3.05) is 5.32 Å². The highest BCUT2D eigenvalue weighted by Gasteiger charge is 2.08. The number of para-hydroxylation sites is 3. The minimum absolute atomic E-state index is 0.0697. The zero-order valence-corrected chi connectivity index (χ0v) is 13.9. The van der Waals surface area contributed by atoms with Gasteiger partial charge in [0.1, 0.15) is 0 Å². The smallest absolute Gasteiger partial charge is 0.221 e. The molecule has 23 heavy (non-hydrogen) atoms. The molecule has 0 unspecified atom stereocenters. The SMILES string of the molecule is CC(=O)Nc1ccccc1SCc1nc2ccccc2nc1C. The number of carbonyl (C=O) groups is 1. The minimum atomic E-state index is -0.0697. The van der Waals surface area contributed by atoms with Crippen LogP contribution in [0.5, 0.6) is 0 Å². The minimum Gasteiger partial charge on any atom is -0.325 e. The van der Waals surface area contributed by atoms with Gasteiger partial charge in [-0.2, -0.15) is 0 Å². The van der Waals surface area contributed by atoms with E-state index >= 15 is 0 Å². The monoisotopic (exact) mass is 323 g/mol. The van der Waals surface area contributed by atoms with Crippen LogP contribution < -0.4 is 5.32 Å². The maximum absolute atomic E-state index is 11.3. The molecule has 2 aromatic carbocycles. The summed E-state index contributed by atoms with van der Waals surface area (Å²) in [5.74, 6) is 0.639. The van der Waals surface area contributed by atoms with Gasteiger partial charge in [0, 0.05) is 17.6 Å². The normalized spacial score (nSPS) is 10.7. The number of benzene rings is 2. The third-order valence-corrected chi connectivity index (χ3v) is 4.49. The Kier molecular flexibility index (Phi) is 4.57. The Morgan fingerprint density at radius 3 is 2.43 bits per heavy atom. The molecule has 0 spiro atoms. The quantitative estimate of drug-likeness (QED) is 0.732. The number of anilines is 1. The number of nitrogens with zero attached hydrogens (tertiary/aromatic N) is 2. The molecule has 0 fully saturated rings. The Labute approximate surface area is 139 Å². The Hall–Kier alpha value is -2.40. The number of hydrogen-bond acceptors (Lipinski definition) is 4. The summed E-state index contributed by atoms with van der Waals surface area (Å²) in [5, 5.41) is 2.86. The molecule has 0 saturated heterocycles. The van der Waals surface area contributed by atoms with Gasteiger partial charge in [-0.1, -0.05) is 24.3 Å². The van der Waals surface area contributed by atoms with Crippen molar-refractivity contribution >= 4 is 34.4 Å². The molecule has 1 amide bonds. The second-order valence-electron chi connectivity index (χ2n) is 5.21. The molecular weight excluding hydrogens is 306 g/mol. The maximum atomic E-state index is 11.3. The highest BCUT2D eigenvalue weighted by molar-refractivity contribution is 7.98. The second-order valence-corrected chi connectivity index (χ2v) is 6.23. The molecular formula is C18H17N3OS. The van der Waals surface area contributed by atoms with E-state index < -0.39 is 0 Å². The van der Waals surface area contributed by atoms with E-state index in [0.717, 1.165) is 33.0 Å². The molecule has 5 heteroatoms. The number of carbonyl (C=O) groups excluding carboxylic acids is 1. The number of hydrogen-bond donors (Lipinski definition) is 1. The first-order chi connectivity index (χ1) is 11.1. The molecule has 116 valence electrons. The van der Waals surface area contributed by atoms with Gasteiger partial charge in [-0.15, -0.1) is 11.8 Å². The van der Waals surface area contributed by atoms with Crippen molar-refractivity contribution in [3.05, 3.63) is 59.9 Å². The number of aromatic nitrogens is 2. The number of amides is 1. The molecule has 3 aromatic rings. The standard InChI is InChI=1S/C18H17N3OS/c1-12-17(21-15-8-4-3-7-14(15)19-12)11-23-18-10-6-5-9-16(18)20-13(2)22/h3-10H,11H2,1-2H3,(H,20,22). The van der Waals surface area contributed by atoms with Crippen LogP contribution in [0.15, 0.2) is 53.4 Å². The summed E-state index contributed by atoms with van der Waals surface area (Å²) in [6, 6.07) is 15.7. The predicted molar refractivity (Wildman–Crippen MR) is 94.6 cm³/mol. The van der Waals surface area contributed by atoms with E-state index in [1.807, 2.05) is 55.5 Å². The van der Waals surface area contributed by atoms with Gasteiger partial charge in [-0.3, -0.25) is 4.79 Å². The lowest BCUT2D eigenvalue weighted by atomic mass is 10.2. The van der Waals surface area contributed by atoms with Crippen LogP contribution in [0.25, 0.3) is 11.0 Å². The highest BCUT2D eigenvalue weighted by Crippen LogP contribution is 2.30. The lowest BCUT2D eigenvalue weighted by Gasteiger charge is -2.10. The van der Waals surface area contributed by atoms with Gasteiger partial charge in [0.05, 0.1) is 28.1 Å². The fourth-order valence-electron chi connectivity index (χ4n) is 2.29. The van der Waals surface area contributed by atoms with Crippen LogP contribution in [-0.4, -0.2) is 15.9 Å². The van der Waals surface area contributed by atoms with Crippen LogP contribution in [0.3, 0.4) is 0 Å². The fraction of sp³-hybridized carbons (Fsp3) is 0.167. The van der Waals surface area contributed by atoms with Crippen molar-refractivity contribution in [1.82, 2.24) is 9.97 Å².